The molecule has 3 aliphatic rings. The average molecular weight is 313 g/mol. The molecule has 0 bridgehead atoms. The summed E-state index contributed by atoms with van der Waals surface area (Å²) in [4.78, 5) is 0. The van der Waals surface area contributed by atoms with Crippen molar-refractivity contribution in [3.63, 3.8) is 0 Å². The molecule has 0 spiro atoms. The third-order valence-electron chi connectivity index (χ3n) is 3.58. The van der Waals surface area contributed by atoms with Gasteiger partial charge in [0, 0.05) is 15.5 Å². The Morgan fingerprint density at radius 1 is 1.35 bits per heavy atom. The molecule has 116 valence electrons. The van der Waals surface area contributed by atoms with Crippen LogP contribution in [-0.2, 0) is 19.3 Å². The Bertz CT molecular complexity index is 839. The lowest BCUT2D eigenvalue weighted by molar-refractivity contribution is -0.162. The van der Waals surface area contributed by atoms with Crippen molar-refractivity contribution in [3.8, 4) is 0 Å². The topological polar surface area (TPSA) is 72.8 Å². The number of fused-ring (bicyclic) bond motifs is 1. The van der Waals surface area contributed by atoms with Crippen LogP contribution in [0.3, 0.4) is 0 Å². The van der Waals surface area contributed by atoms with Crippen molar-refractivity contribution < 1.29 is 35.3 Å². The third kappa shape index (κ3) is 2.30. The number of aliphatic hydroxyl groups is 1. The zero-order valence-electron chi connectivity index (χ0n) is 20.4. The number of ether oxygens (including phenoxy) is 2. The Kier molecular flexibility index (Phi) is 1.72. The zero-order valence-corrected chi connectivity index (χ0v) is 12.2. The van der Waals surface area contributed by atoms with Gasteiger partial charge in [-0.2, -0.15) is 0 Å². The van der Waals surface area contributed by atoms with Gasteiger partial charge in [-0.1, -0.05) is 20.8 Å². The summed E-state index contributed by atoms with van der Waals surface area (Å²) in [5, 5.41) is 6.99. The molecule has 3 rings (SSSR count). The molecule has 5 nitrogen and oxygen atoms in total. The quantitative estimate of drug-likeness (QED) is 0.785. The van der Waals surface area contributed by atoms with Gasteiger partial charge in [0.2, 0.25) is 0 Å². The maximum Gasteiger partial charge on any atom is 0.163 e. The smallest absolute Gasteiger partial charge is 0.163 e. The zero-order chi connectivity index (χ0) is 22.9. The van der Waals surface area contributed by atoms with E-state index in [-0.39, 0.29) is 0 Å². The summed E-state index contributed by atoms with van der Waals surface area (Å²) in [5.74, 6) is -1.32. The van der Waals surface area contributed by atoms with Gasteiger partial charge in [-0.25, -0.2) is 8.42 Å². The minimum Gasteiger partial charge on any atom is -0.390 e. The maximum absolute atomic E-state index is 12.9. The van der Waals surface area contributed by atoms with Gasteiger partial charge in [-0.3, -0.25) is 0 Å². The molecule has 3 saturated heterocycles. The second-order valence-electron chi connectivity index (χ2n) is 6.21. The van der Waals surface area contributed by atoms with Crippen LogP contribution in [0.4, 0.5) is 0 Å². The van der Waals surface area contributed by atoms with Crippen molar-refractivity contribution in [2.45, 2.75) is 69.7 Å². The second kappa shape index (κ2) is 4.66. The summed E-state index contributed by atoms with van der Waals surface area (Å²) >= 11 is 0. The van der Waals surface area contributed by atoms with E-state index in [1.807, 2.05) is 0 Å². The summed E-state index contributed by atoms with van der Waals surface area (Å²) < 4.78 is 109. The molecule has 3 aliphatic heterocycles. The van der Waals surface area contributed by atoms with E-state index in [9.17, 15) is 13.5 Å². The van der Waals surface area contributed by atoms with E-state index < -0.39 is 75.8 Å². The van der Waals surface area contributed by atoms with Crippen LogP contribution in [0.5, 0.6) is 0 Å². The Morgan fingerprint density at radius 2 is 2.05 bits per heavy atom. The summed E-state index contributed by atoms with van der Waals surface area (Å²) in [6.07, 6.45) is -16.2. The third-order valence-corrected chi connectivity index (χ3v) is 4.82. The molecule has 1 N–H and O–H groups in total. The number of rotatable bonds is 1. The van der Waals surface area contributed by atoms with E-state index >= 15 is 0 Å². The van der Waals surface area contributed by atoms with Crippen molar-refractivity contribution in [3.05, 3.63) is 0 Å². The molecule has 6 atom stereocenters. The Balaban J connectivity index is 2.12. The van der Waals surface area contributed by atoms with E-state index in [4.69, 9.17) is 21.8 Å². The predicted octanol–water partition coefficient (Wildman–Crippen LogP) is 1.10. The van der Waals surface area contributed by atoms with Gasteiger partial charge in [-0.15, -0.1) is 0 Å². The van der Waals surface area contributed by atoms with Crippen LogP contribution in [-0.4, -0.2) is 49.0 Å². The normalized spacial score (nSPS) is 72.8. The van der Waals surface area contributed by atoms with Crippen molar-refractivity contribution in [1.82, 2.24) is 0 Å². The van der Waals surface area contributed by atoms with Crippen molar-refractivity contribution >= 4 is 9.84 Å². The number of sulfone groups is 1. The summed E-state index contributed by atoms with van der Waals surface area (Å²) in [6, 6.07) is 0. The lowest BCUT2D eigenvalue weighted by atomic mass is 9.82. The lowest BCUT2D eigenvalue weighted by Crippen LogP contribution is -2.39. The predicted molar refractivity (Wildman–Crippen MR) is 73.9 cm³/mol. The summed E-state index contributed by atoms with van der Waals surface area (Å²) in [6.45, 7) is 5.05. The first-order valence-electron chi connectivity index (χ1n) is 10.8. The van der Waals surface area contributed by atoms with Crippen LogP contribution in [0.25, 0.3) is 0 Å². The Morgan fingerprint density at radius 3 is 2.55 bits per heavy atom. The first-order valence-corrected chi connectivity index (χ1v) is 7.82. The van der Waals surface area contributed by atoms with Gasteiger partial charge in [0.05, 0.1) is 31.9 Å². The SMILES string of the molecule is [2H]C1(O)C2CC([2H])(C3([2H])C([2H])([2H])C([2H])([2H])C([2H])([2H])S3(=O)=O)OC2OC1C(C)(C)C. The van der Waals surface area contributed by atoms with E-state index in [2.05, 4.69) is 0 Å². The molecule has 0 aromatic rings. The van der Waals surface area contributed by atoms with E-state index in [0.717, 1.165) is 0 Å². The molecule has 20 heavy (non-hydrogen) atoms. The Labute approximate surface area is 133 Å². The van der Waals surface area contributed by atoms with Crippen LogP contribution in [0.2, 0.25) is 0 Å². The molecular formula is C14H24O5S. The van der Waals surface area contributed by atoms with Crippen LogP contribution in [0.1, 0.15) is 52.3 Å². The monoisotopic (exact) mass is 313 g/mol. The van der Waals surface area contributed by atoms with Crippen LogP contribution >= 0.6 is 0 Å². The van der Waals surface area contributed by atoms with Gasteiger partial charge in [0.1, 0.15) is 0 Å². The molecular weight excluding hydrogens is 280 g/mol. The van der Waals surface area contributed by atoms with E-state index in [1.54, 1.807) is 20.8 Å². The standard InChI is InChI=1S/C14H24O5S/c1-14(2,3)12-11(15)8-7-9(18-13(8)19-12)10-5-4-6-20(10,16)17/h8-13,15H,4-7H2,1-3H3/i4D2,5D2,6D2,9D,10D,11D. The molecule has 0 radical (unpaired) electrons. The van der Waals surface area contributed by atoms with E-state index in [1.165, 1.54) is 0 Å². The number of hydrogen-bond donors (Lipinski definition) is 1. The maximum atomic E-state index is 12.9. The van der Waals surface area contributed by atoms with Crippen molar-refractivity contribution in [1.29, 1.82) is 0 Å². The fourth-order valence-corrected chi connectivity index (χ4v) is 3.52. The molecule has 6 unspecified atom stereocenters. The minimum atomic E-state index is -5.59. The molecule has 0 aromatic carbocycles. The van der Waals surface area contributed by atoms with Gasteiger partial charge in [0.15, 0.2) is 16.1 Å². The summed E-state index contributed by atoms with van der Waals surface area (Å²) in [7, 11) is -5.59. The largest absolute Gasteiger partial charge is 0.390 e. The summed E-state index contributed by atoms with van der Waals surface area (Å²) in [5.41, 5.74) is -4.55. The van der Waals surface area contributed by atoms with Crippen LogP contribution in [0.15, 0.2) is 0 Å². The van der Waals surface area contributed by atoms with Gasteiger partial charge < -0.3 is 14.6 Å². The molecule has 3 heterocycles. The van der Waals surface area contributed by atoms with Gasteiger partial charge in [0.25, 0.3) is 0 Å². The average Bonchev–Trinajstić information content (AvgIpc) is 3.00. The lowest BCUT2D eigenvalue weighted by Gasteiger charge is -2.30. The first kappa shape index (κ1) is 7.40. The molecule has 0 saturated carbocycles. The second-order valence-corrected chi connectivity index (χ2v) is 7.83. The highest BCUT2D eigenvalue weighted by Crippen LogP contribution is 2.46. The van der Waals surface area contributed by atoms with E-state index in [0.29, 0.717) is 0 Å². The highest BCUT2D eigenvalue weighted by molar-refractivity contribution is 7.92. The first-order chi connectivity index (χ1) is 12.5. The van der Waals surface area contributed by atoms with Crippen molar-refractivity contribution in [2.75, 3.05) is 5.70 Å². The molecule has 0 amide bonds. The Hall–Kier alpha value is -0.170. The molecule has 3 fully saturated rings. The fraction of sp³-hybridized carbons (Fsp3) is 1.00. The minimum absolute atomic E-state index is 0.739. The van der Waals surface area contributed by atoms with Crippen LogP contribution < -0.4 is 0 Å². The van der Waals surface area contributed by atoms with Gasteiger partial charge in [-0.05, 0) is 24.6 Å². The van der Waals surface area contributed by atoms with Gasteiger partial charge >= 0.3 is 0 Å². The highest BCUT2D eigenvalue weighted by atomic mass is 32.2. The van der Waals surface area contributed by atoms with Crippen molar-refractivity contribution in [2.24, 2.45) is 11.3 Å². The fourth-order valence-electron chi connectivity index (χ4n) is 2.61. The molecule has 6 heteroatoms. The van der Waals surface area contributed by atoms with Crippen LogP contribution in [0, 0.1) is 11.3 Å². The highest BCUT2D eigenvalue weighted by Gasteiger charge is 2.56. The molecule has 0 aromatic heterocycles. The molecule has 0 aliphatic carbocycles. The number of hydrogen-bond acceptors (Lipinski definition) is 5.